The molecule has 16 aromatic rings. The van der Waals surface area contributed by atoms with Crippen molar-refractivity contribution in [2.45, 2.75) is 21.4 Å². The Morgan fingerprint density at radius 2 is 0.534 bits per heavy atom. The van der Waals surface area contributed by atoms with E-state index in [1.54, 1.807) is 123 Å². The largest absolute Gasteiger partial charge is 2.00 e. The Balaban J connectivity index is -0.00000123. The molecule has 0 spiro atoms. The van der Waals surface area contributed by atoms with E-state index in [0.29, 0.717) is 15.7 Å². The molecule has 16 rings (SSSR count). The zero-order valence-electron chi connectivity index (χ0n) is 60.6. The minimum Gasteiger partial charge on any atom is -1.00 e. The summed E-state index contributed by atoms with van der Waals surface area (Å²) in [6, 6.07) is 122. The summed E-state index contributed by atoms with van der Waals surface area (Å²) in [7, 11) is -3.98. The number of hydrogen-bond donors (Lipinski definition) is 6. The molecule has 0 fully saturated rings. The maximum Gasteiger partial charge on any atom is 2.00 e. The third kappa shape index (κ3) is 65.0. The van der Waals surface area contributed by atoms with Crippen LogP contribution in [0, 0.1) is 6.07 Å². The minimum atomic E-state index is -1.61. The monoisotopic (exact) mass is 2320 g/mol. The molecule has 0 aliphatic rings. The molecule has 118 heavy (non-hydrogen) atoms. The van der Waals surface area contributed by atoms with Crippen LogP contribution in [-0.2, 0) is 0 Å². The molecular weight excluding hydrogens is 2250 g/mol. The zero-order chi connectivity index (χ0) is 83.5. The van der Waals surface area contributed by atoms with E-state index in [-0.39, 0.29) is 56.3 Å². The van der Waals surface area contributed by atoms with E-state index in [9.17, 15) is 0 Å². The van der Waals surface area contributed by atoms with Crippen molar-refractivity contribution in [3.05, 3.63) is 415 Å². The average molecular weight is 2330 g/mol. The topological polar surface area (TPSA) is 121 Å². The predicted molar refractivity (Wildman–Crippen MR) is 552 cm³/mol. The van der Waals surface area contributed by atoms with Crippen LogP contribution in [0.5, 0.6) is 0 Å². The summed E-state index contributed by atoms with van der Waals surface area (Å²) < 4.78 is 4.39. The second-order valence-corrected chi connectivity index (χ2v) is 42.7. The molecule has 0 atom stereocenters. The van der Waals surface area contributed by atoms with Gasteiger partial charge in [-0.1, -0.05) is 391 Å². The number of thiophene rings is 7. The average Bonchev–Trinajstić information content (AvgIpc) is 1.70. The minimum absolute atomic E-state index is 0. The second kappa shape index (κ2) is 73.5. The summed E-state index contributed by atoms with van der Waals surface area (Å²) in [4.78, 5) is 5.26. The van der Waals surface area contributed by atoms with E-state index in [4.69, 9.17) is 123 Å². The molecule has 618 valence electrons. The first-order valence-corrected chi connectivity index (χ1v) is 46.6. The molecule has 0 aliphatic heterocycles. The van der Waals surface area contributed by atoms with E-state index >= 15 is 0 Å². The summed E-state index contributed by atoms with van der Waals surface area (Å²) in [5, 5.41) is 59.2. The zero-order valence-corrected chi connectivity index (χ0v) is 84.9. The molecule has 0 unspecified atom stereocenters. The van der Waals surface area contributed by atoms with Crippen molar-refractivity contribution in [1.29, 1.82) is 0 Å². The van der Waals surface area contributed by atoms with Gasteiger partial charge in [0.1, 0.15) is 0 Å². The molecule has 9 aromatic carbocycles. The third-order valence-electron chi connectivity index (χ3n) is 12.4. The van der Waals surface area contributed by atoms with E-state index in [2.05, 4.69) is 247 Å². The number of halogens is 15. The van der Waals surface area contributed by atoms with Gasteiger partial charge in [-0.05, 0) is 201 Å². The van der Waals surface area contributed by atoms with E-state index in [1.807, 2.05) is 185 Å². The van der Waals surface area contributed by atoms with Gasteiger partial charge < -0.3 is 47.1 Å². The summed E-state index contributed by atoms with van der Waals surface area (Å²) in [5.41, 5.74) is 6.20. The molecular formula is C86H80B3Br7Cl8MgO6S7. The number of hydrogen-bond acceptors (Lipinski definition) is 13. The van der Waals surface area contributed by atoms with Crippen molar-refractivity contribution >= 4 is 328 Å². The van der Waals surface area contributed by atoms with Gasteiger partial charge >= 0.3 is 44.4 Å². The summed E-state index contributed by atoms with van der Waals surface area (Å²) in [6.07, 6.45) is 0. The first kappa shape index (κ1) is 117. The third-order valence-corrected chi connectivity index (χ3v) is 22.7. The molecule has 7 heterocycles. The van der Waals surface area contributed by atoms with Crippen LogP contribution in [0.1, 0.15) is 16.3 Å². The molecule has 0 bridgehead atoms. The Morgan fingerprint density at radius 3 is 0.703 bits per heavy atom. The number of alkyl halides is 8. The Hall–Kier alpha value is -2.72. The smallest absolute Gasteiger partial charge is 1.00 e. The van der Waals surface area contributed by atoms with Crippen LogP contribution in [0.2, 0.25) is 0 Å². The molecule has 0 aliphatic carbocycles. The SMILES string of the molecule is Brc1ccc(-c2ccccc2)s1.Brc1ccc(-c2ccccc2)s1.Brc1ccc(Br)s1.Brc1ccccc1.Brc1cccs1.C.C.ClC(Cl)(Cl)Cl.ClC(Cl)(Cl)Cl.OB(O)c1ccccc1.OB(O)c1ccccc1.OB(O)c1cccs1.[2HH].[Br-].[Mg+2].[c-]1ccccc1.c1ccc(-c2ccc(-c3ccccc3)s2)cc1.c1ccccc1.c1ccsc1. The van der Waals surface area contributed by atoms with Crippen LogP contribution in [-0.4, -0.2) is 81.1 Å². The van der Waals surface area contributed by atoms with Gasteiger partial charge in [-0.3, -0.25) is 0 Å². The van der Waals surface area contributed by atoms with Gasteiger partial charge in [-0.15, -0.1) is 56.7 Å². The van der Waals surface area contributed by atoms with E-state index < -0.39 is 27.9 Å². The molecule has 0 amide bonds. The summed E-state index contributed by atoms with van der Waals surface area (Å²) >= 11 is 70.5. The van der Waals surface area contributed by atoms with E-state index in [1.165, 1.54) is 72.0 Å². The van der Waals surface area contributed by atoms with Gasteiger partial charge in [0.2, 0.25) is 0 Å². The number of rotatable bonds is 7. The summed E-state index contributed by atoms with van der Waals surface area (Å²) in [5.74, 6) is 0. The van der Waals surface area contributed by atoms with Crippen molar-refractivity contribution < 1.29 is 48.6 Å². The maximum absolute atomic E-state index is 8.58. The number of benzene rings is 9. The van der Waals surface area contributed by atoms with Gasteiger partial charge in [0, 0.05) is 30.2 Å². The van der Waals surface area contributed by atoms with Crippen molar-refractivity contribution in [1.82, 2.24) is 0 Å². The van der Waals surface area contributed by atoms with Gasteiger partial charge in [-0.2, -0.15) is 59.1 Å². The fraction of sp³-hybridized carbons (Fsp3) is 0.0465. The first-order chi connectivity index (χ1) is 54.6. The van der Waals surface area contributed by atoms with Crippen molar-refractivity contribution in [3.63, 3.8) is 0 Å². The Labute approximate surface area is 843 Å². The van der Waals surface area contributed by atoms with Gasteiger partial charge in [0.05, 0.1) is 18.9 Å². The Morgan fingerprint density at radius 1 is 0.271 bits per heavy atom. The van der Waals surface area contributed by atoms with Crippen LogP contribution in [0.25, 0.3) is 41.8 Å². The van der Waals surface area contributed by atoms with Crippen molar-refractivity contribution in [2.75, 3.05) is 0 Å². The van der Waals surface area contributed by atoms with Crippen LogP contribution in [0.4, 0.5) is 0 Å². The molecule has 7 aromatic heterocycles. The van der Waals surface area contributed by atoms with Crippen LogP contribution < -0.4 is 32.7 Å². The van der Waals surface area contributed by atoms with Crippen molar-refractivity contribution in [3.8, 4) is 41.8 Å². The molecule has 6 N–H and O–H groups in total. The normalized spacial score (nSPS) is 9.25. The molecule has 6 nitrogen and oxygen atoms in total. The first-order valence-electron chi connectivity index (χ1n) is 32.9. The molecule has 32 heteroatoms. The molecule has 0 saturated heterocycles. The molecule has 0 saturated carbocycles. The van der Waals surface area contributed by atoms with E-state index in [0.717, 1.165) is 4.47 Å². The fourth-order valence-corrected chi connectivity index (χ4v) is 16.1. The van der Waals surface area contributed by atoms with Gasteiger partial charge in [0.15, 0.2) is 0 Å². The second-order valence-electron chi connectivity index (χ2n) is 20.9. The van der Waals surface area contributed by atoms with Crippen LogP contribution in [0.15, 0.2) is 409 Å². The van der Waals surface area contributed by atoms with Crippen LogP contribution in [0.3, 0.4) is 0 Å². The van der Waals surface area contributed by atoms with Gasteiger partial charge in [0.25, 0.3) is 6.50 Å². The standard InChI is InChI=1S/C16H12S.2C10H7BrS.2C6H7BO2.C6H5Br.C6H6.C6H5.C4H5BO2S.C4H2Br2S.C4H3BrS.C4H4S.2CCl4.2CH4.BrH.Mg.H2/c1-3-7-13(8-4-1)15-11-12-16(17-15)14-9-5-2-6-10-14;2*11-10-7-6-9(12-10)8-4-2-1-3-5-8;2*8-7(9)6-4-2-1-3-5-6;7-6-4-2-1-3-5-6;2*1-2-4-6-5-3-1;6-5(7)4-2-1-3-8-4;5-3-1-2-4(6)7-3;5-4-2-1-3-6-4;1-2-4-5-3-1;2*2-1(3,4)5;;;;;/h1-12H;2*1-7H;2*1-5,8-9H;1-5H;1-6H;1-5H;1-3,6-7H;1-2H;1-3H;1-4H;;;2*1H4;1H;;1H/q;;;;;;;-1;;;;;;;;;;+2;/p-1/i;;;;;;;;;;;;;;;;;;1+1. The fourth-order valence-electron chi connectivity index (χ4n) is 7.60. The predicted octanol–water partition coefficient (Wildman–Crippen LogP) is 28.0. The maximum atomic E-state index is 8.58. The van der Waals surface area contributed by atoms with Crippen LogP contribution >= 0.6 is 268 Å². The Kier molecular flexibility index (Phi) is 73.1. The van der Waals surface area contributed by atoms with Crippen molar-refractivity contribution in [2.24, 2.45) is 0 Å². The Bertz CT molecular complexity index is 4500. The summed E-state index contributed by atoms with van der Waals surface area (Å²) in [6.45, 7) is 0. The quantitative estimate of drug-likeness (QED) is 0.0537. The van der Waals surface area contributed by atoms with Gasteiger partial charge in [-0.25, -0.2) is 0 Å². The molecule has 0 radical (unpaired) electrons.